The van der Waals surface area contributed by atoms with Crippen molar-refractivity contribution in [3.05, 3.63) is 52.4 Å². The van der Waals surface area contributed by atoms with Crippen LogP contribution in [0.4, 0.5) is 0 Å². The van der Waals surface area contributed by atoms with Gasteiger partial charge in [-0.05, 0) is 37.6 Å². The molecule has 0 spiro atoms. The number of nitrogens with zero attached hydrogens (tertiary/aromatic N) is 2. The fourth-order valence-electron chi connectivity index (χ4n) is 2.91. The van der Waals surface area contributed by atoms with Crippen LogP contribution in [0.5, 0.6) is 11.5 Å². The number of pyridine rings is 1. The van der Waals surface area contributed by atoms with Crippen molar-refractivity contribution >= 4 is 0 Å². The lowest BCUT2D eigenvalue weighted by Gasteiger charge is -2.26. The van der Waals surface area contributed by atoms with Crippen LogP contribution in [0.1, 0.15) is 12.1 Å². The number of morpholine rings is 1. The number of hydrogen-bond donors (Lipinski definition) is 1. The van der Waals surface area contributed by atoms with E-state index in [2.05, 4.69) is 4.90 Å². The third kappa shape index (κ3) is 4.41. The Bertz CT molecular complexity index is 749. The molecule has 1 aromatic heterocycles. The lowest BCUT2D eigenvalue weighted by atomic mass is 10.2. The molecule has 134 valence electrons. The van der Waals surface area contributed by atoms with Crippen LogP contribution in [0.15, 0.2) is 41.3 Å². The number of aromatic hydroxyl groups is 1. The molecule has 0 saturated carbocycles. The van der Waals surface area contributed by atoms with Crippen molar-refractivity contribution < 1.29 is 14.6 Å². The van der Waals surface area contributed by atoms with E-state index < -0.39 is 0 Å². The van der Waals surface area contributed by atoms with Crippen molar-refractivity contribution in [3.8, 4) is 17.2 Å². The van der Waals surface area contributed by atoms with Crippen LogP contribution in [0.25, 0.3) is 5.69 Å². The number of aromatic nitrogens is 1. The summed E-state index contributed by atoms with van der Waals surface area (Å²) in [6.07, 6.45) is 2.64. The van der Waals surface area contributed by atoms with Gasteiger partial charge in [-0.3, -0.25) is 9.69 Å². The molecular weight excluding hydrogens is 320 g/mol. The van der Waals surface area contributed by atoms with Gasteiger partial charge in [-0.25, -0.2) is 0 Å². The highest BCUT2D eigenvalue weighted by Gasteiger charge is 2.09. The van der Waals surface area contributed by atoms with E-state index in [0.717, 1.165) is 50.7 Å². The third-order valence-corrected chi connectivity index (χ3v) is 4.42. The van der Waals surface area contributed by atoms with E-state index in [1.54, 1.807) is 17.7 Å². The van der Waals surface area contributed by atoms with Gasteiger partial charge in [0.05, 0.1) is 25.5 Å². The molecule has 1 aliphatic rings. The topological polar surface area (TPSA) is 63.9 Å². The summed E-state index contributed by atoms with van der Waals surface area (Å²) in [5.74, 6) is 0.597. The first kappa shape index (κ1) is 17.5. The van der Waals surface area contributed by atoms with E-state index in [1.165, 1.54) is 6.07 Å². The molecule has 1 fully saturated rings. The number of benzene rings is 1. The number of ether oxygens (including phenoxy) is 2. The van der Waals surface area contributed by atoms with Crippen molar-refractivity contribution in [3.63, 3.8) is 0 Å². The first-order chi connectivity index (χ1) is 12.1. The van der Waals surface area contributed by atoms with Gasteiger partial charge in [-0.1, -0.05) is 0 Å². The number of hydrogen-bond acceptors (Lipinski definition) is 5. The van der Waals surface area contributed by atoms with Crippen LogP contribution in [0.2, 0.25) is 0 Å². The summed E-state index contributed by atoms with van der Waals surface area (Å²) in [5.41, 5.74) is 1.02. The van der Waals surface area contributed by atoms with Gasteiger partial charge >= 0.3 is 0 Å². The Labute approximate surface area is 147 Å². The summed E-state index contributed by atoms with van der Waals surface area (Å²) in [6.45, 7) is 7.06. The van der Waals surface area contributed by atoms with E-state index in [-0.39, 0.29) is 11.2 Å². The minimum atomic E-state index is -0.367. The normalized spacial score (nSPS) is 15.2. The lowest BCUT2D eigenvalue weighted by molar-refractivity contribution is 0.0358. The van der Waals surface area contributed by atoms with Gasteiger partial charge in [0, 0.05) is 37.6 Å². The van der Waals surface area contributed by atoms with Crippen molar-refractivity contribution in [2.45, 2.75) is 13.3 Å². The van der Waals surface area contributed by atoms with Gasteiger partial charge in [0.1, 0.15) is 5.75 Å². The Hall–Kier alpha value is -2.31. The summed E-state index contributed by atoms with van der Waals surface area (Å²) < 4.78 is 12.9. The smallest absolute Gasteiger partial charge is 0.223 e. The predicted octanol–water partition coefficient (Wildman–Crippen LogP) is 1.95. The second-order valence-electron chi connectivity index (χ2n) is 6.13. The van der Waals surface area contributed by atoms with E-state index in [1.807, 2.05) is 24.3 Å². The summed E-state index contributed by atoms with van der Waals surface area (Å²) >= 11 is 0. The SMILES string of the molecule is Cc1c(O)c(=O)ccn1-c1ccc(OCCCN2CCOCC2)cc1. The van der Waals surface area contributed by atoms with Crippen LogP contribution in [0.3, 0.4) is 0 Å². The molecule has 3 rings (SSSR count). The largest absolute Gasteiger partial charge is 0.503 e. The molecule has 0 bridgehead atoms. The molecule has 1 aromatic carbocycles. The average Bonchev–Trinajstić information content (AvgIpc) is 2.65. The highest BCUT2D eigenvalue weighted by molar-refractivity contribution is 5.41. The molecule has 2 heterocycles. The van der Waals surface area contributed by atoms with Gasteiger partial charge in [-0.2, -0.15) is 0 Å². The molecule has 0 unspecified atom stereocenters. The van der Waals surface area contributed by atoms with Gasteiger partial charge < -0.3 is 19.1 Å². The van der Waals surface area contributed by atoms with Crippen LogP contribution in [0, 0.1) is 6.92 Å². The maximum absolute atomic E-state index is 11.4. The fraction of sp³-hybridized carbons (Fsp3) is 0.421. The molecule has 1 saturated heterocycles. The summed E-state index contributed by atoms with van der Waals surface area (Å²) in [7, 11) is 0. The molecule has 6 nitrogen and oxygen atoms in total. The van der Waals surface area contributed by atoms with Gasteiger partial charge in [0.2, 0.25) is 5.43 Å². The number of rotatable bonds is 6. The molecule has 0 radical (unpaired) electrons. The standard InChI is InChI=1S/C19H24N2O4/c1-15-19(23)18(22)7-9-21(15)16-3-5-17(6-4-16)25-12-2-8-20-10-13-24-14-11-20/h3-7,9,23H,2,8,10-14H2,1H3. The minimum Gasteiger partial charge on any atom is -0.503 e. The van der Waals surface area contributed by atoms with Crippen molar-refractivity contribution in [1.82, 2.24) is 9.47 Å². The van der Waals surface area contributed by atoms with Crippen LogP contribution in [-0.4, -0.2) is 54.0 Å². The molecule has 0 atom stereocenters. The Kier molecular flexibility index (Phi) is 5.73. The van der Waals surface area contributed by atoms with E-state index in [0.29, 0.717) is 12.3 Å². The van der Waals surface area contributed by atoms with E-state index in [4.69, 9.17) is 9.47 Å². The van der Waals surface area contributed by atoms with Crippen molar-refractivity contribution in [2.75, 3.05) is 39.5 Å². The quantitative estimate of drug-likeness (QED) is 0.812. The monoisotopic (exact) mass is 344 g/mol. The third-order valence-electron chi connectivity index (χ3n) is 4.42. The second kappa shape index (κ2) is 8.18. The molecule has 1 aliphatic heterocycles. The second-order valence-corrected chi connectivity index (χ2v) is 6.13. The first-order valence-electron chi connectivity index (χ1n) is 8.60. The van der Waals surface area contributed by atoms with Gasteiger partial charge in [0.15, 0.2) is 5.75 Å². The predicted molar refractivity (Wildman–Crippen MR) is 95.8 cm³/mol. The maximum atomic E-state index is 11.4. The van der Waals surface area contributed by atoms with Crippen LogP contribution >= 0.6 is 0 Å². The molecule has 0 amide bonds. The Morgan fingerprint density at radius 2 is 1.88 bits per heavy atom. The molecule has 1 N–H and O–H groups in total. The molecule has 25 heavy (non-hydrogen) atoms. The zero-order valence-corrected chi connectivity index (χ0v) is 14.5. The molecular formula is C19H24N2O4. The van der Waals surface area contributed by atoms with E-state index in [9.17, 15) is 9.90 Å². The zero-order chi connectivity index (χ0) is 17.6. The maximum Gasteiger partial charge on any atom is 0.223 e. The Balaban J connectivity index is 1.54. The fourth-order valence-corrected chi connectivity index (χ4v) is 2.91. The van der Waals surface area contributed by atoms with Gasteiger partial charge in [-0.15, -0.1) is 0 Å². The summed E-state index contributed by atoms with van der Waals surface area (Å²) in [5, 5.41) is 9.78. The highest BCUT2D eigenvalue weighted by atomic mass is 16.5. The molecule has 6 heteroatoms. The Morgan fingerprint density at radius 1 is 1.16 bits per heavy atom. The lowest BCUT2D eigenvalue weighted by Crippen LogP contribution is -2.37. The Morgan fingerprint density at radius 3 is 2.60 bits per heavy atom. The first-order valence-corrected chi connectivity index (χ1v) is 8.60. The van der Waals surface area contributed by atoms with Crippen LogP contribution < -0.4 is 10.2 Å². The summed E-state index contributed by atoms with van der Waals surface area (Å²) in [6, 6.07) is 8.98. The molecule has 2 aromatic rings. The van der Waals surface area contributed by atoms with E-state index >= 15 is 0 Å². The highest BCUT2D eigenvalue weighted by Crippen LogP contribution is 2.19. The van der Waals surface area contributed by atoms with Crippen LogP contribution in [-0.2, 0) is 4.74 Å². The summed E-state index contributed by atoms with van der Waals surface area (Å²) in [4.78, 5) is 13.8. The van der Waals surface area contributed by atoms with Gasteiger partial charge in [0.25, 0.3) is 0 Å². The molecule has 0 aliphatic carbocycles. The average molecular weight is 344 g/mol. The minimum absolute atomic E-state index is 0.217. The van der Waals surface area contributed by atoms with Crippen molar-refractivity contribution in [1.29, 1.82) is 0 Å². The zero-order valence-electron chi connectivity index (χ0n) is 14.5. The van der Waals surface area contributed by atoms with Crippen molar-refractivity contribution in [2.24, 2.45) is 0 Å².